The molecule has 0 aliphatic carbocycles. The van der Waals surface area contributed by atoms with Gasteiger partial charge in [-0.2, -0.15) is 13.2 Å². The number of ether oxygens (including phenoxy) is 2. The fraction of sp³-hybridized carbons (Fsp3) is 0.500. The van der Waals surface area contributed by atoms with Crippen LogP contribution in [0.2, 0.25) is 0 Å². The average molecular weight is 599 g/mol. The molecule has 1 amide bonds. The number of aliphatic hydroxyl groups is 2. The predicted octanol–water partition coefficient (Wildman–Crippen LogP) is 1.42. The number of nitro benzene ring substituents is 1. The molecule has 0 spiro atoms. The van der Waals surface area contributed by atoms with Crippen molar-refractivity contribution in [2.75, 3.05) is 13.2 Å². The van der Waals surface area contributed by atoms with E-state index in [-0.39, 0.29) is 41.3 Å². The predicted molar refractivity (Wildman–Crippen MR) is 139 cm³/mol. The smallest absolute Gasteiger partial charge is 0.394 e. The van der Waals surface area contributed by atoms with Crippen molar-refractivity contribution in [2.24, 2.45) is 5.92 Å². The van der Waals surface area contributed by atoms with Crippen LogP contribution in [0.1, 0.15) is 55.7 Å². The van der Waals surface area contributed by atoms with E-state index in [9.17, 15) is 47.9 Å². The van der Waals surface area contributed by atoms with Crippen molar-refractivity contribution in [3.8, 4) is 11.8 Å². The Hall–Kier alpha value is -4.04. The maximum Gasteiger partial charge on any atom is 0.471 e. The van der Waals surface area contributed by atoms with Gasteiger partial charge < -0.3 is 25.0 Å². The van der Waals surface area contributed by atoms with Crippen molar-refractivity contribution in [2.45, 2.75) is 64.0 Å². The number of halogens is 3. The molecule has 0 saturated carbocycles. The second-order valence-corrected chi connectivity index (χ2v) is 9.88. The van der Waals surface area contributed by atoms with E-state index in [0.717, 1.165) is 10.6 Å². The molecule has 0 radical (unpaired) electrons. The number of rotatable bonds is 10. The fourth-order valence-electron chi connectivity index (χ4n) is 4.22. The van der Waals surface area contributed by atoms with Gasteiger partial charge in [-0.1, -0.05) is 25.7 Å². The minimum atomic E-state index is -5.06. The van der Waals surface area contributed by atoms with E-state index in [0.29, 0.717) is 6.42 Å². The van der Waals surface area contributed by atoms with Crippen molar-refractivity contribution >= 4 is 11.6 Å². The Morgan fingerprint density at radius 3 is 2.67 bits per heavy atom. The summed E-state index contributed by atoms with van der Waals surface area (Å²) in [5, 5.41) is 32.8. The van der Waals surface area contributed by atoms with Crippen LogP contribution in [-0.2, 0) is 20.9 Å². The van der Waals surface area contributed by atoms with E-state index in [1.165, 1.54) is 18.3 Å². The number of carbonyl (C=O) groups is 1. The minimum absolute atomic E-state index is 0.0000572. The molecule has 1 aliphatic rings. The third-order valence-electron chi connectivity index (χ3n) is 6.26. The van der Waals surface area contributed by atoms with Crippen molar-refractivity contribution < 1.29 is 42.6 Å². The third-order valence-corrected chi connectivity index (χ3v) is 6.26. The molecular weight excluding hydrogens is 569 g/mol. The Morgan fingerprint density at radius 1 is 1.36 bits per heavy atom. The Labute approximate surface area is 236 Å². The first-order valence-electron chi connectivity index (χ1n) is 12.7. The first-order valence-corrected chi connectivity index (χ1v) is 12.7. The average Bonchev–Trinajstić information content (AvgIpc) is 3.29. The number of nitro groups is 1. The van der Waals surface area contributed by atoms with Crippen LogP contribution in [0, 0.1) is 27.9 Å². The molecule has 228 valence electrons. The van der Waals surface area contributed by atoms with Crippen molar-refractivity contribution in [3.63, 3.8) is 0 Å². The standard InChI is InChI=1S/C26H29F3N4O9/c1-14(2)8-20(17-6-5-15(9-18(17)33(39)40)4-3-7-30-24(37)26(27,28)29)41-13-16-11-32(25(38)31-23(16)36)22-10-19(35)21(12-34)42-22/h5-6,9,11,14,19-22,34-35H,7-8,10,12-13H2,1-2H3,(H,30,37)(H,31,36,38)/t19-,20+,21-,22-/m1/s1. The summed E-state index contributed by atoms with van der Waals surface area (Å²) in [6.07, 6.45) is -7.35. The molecule has 16 heteroatoms. The summed E-state index contributed by atoms with van der Waals surface area (Å²) in [6.45, 7) is 2.24. The Morgan fingerprint density at radius 2 is 2.07 bits per heavy atom. The van der Waals surface area contributed by atoms with Crippen LogP contribution >= 0.6 is 0 Å². The largest absolute Gasteiger partial charge is 0.471 e. The van der Waals surface area contributed by atoms with Gasteiger partial charge in [0.15, 0.2) is 0 Å². The first kappa shape index (κ1) is 32.5. The van der Waals surface area contributed by atoms with Crippen molar-refractivity contribution in [1.82, 2.24) is 14.9 Å². The molecule has 2 heterocycles. The number of nitrogens with zero attached hydrogens (tertiary/aromatic N) is 2. The highest BCUT2D eigenvalue weighted by Crippen LogP contribution is 2.34. The molecule has 1 fully saturated rings. The van der Waals surface area contributed by atoms with Crippen LogP contribution in [-0.4, -0.2) is 62.1 Å². The maximum absolute atomic E-state index is 12.5. The molecule has 1 aromatic heterocycles. The number of aromatic nitrogens is 2. The molecule has 3 rings (SSSR count). The number of H-pyrrole nitrogens is 1. The summed E-state index contributed by atoms with van der Waals surface area (Å²) in [7, 11) is 0. The van der Waals surface area contributed by atoms with Gasteiger partial charge in [0.1, 0.15) is 12.3 Å². The Balaban J connectivity index is 1.84. The van der Waals surface area contributed by atoms with Crippen LogP contribution in [0.3, 0.4) is 0 Å². The lowest BCUT2D eigenvalue weighted by molar-refractivity contribution is -0.386. The number of alkyl halides is 3. The third kappa shape index (κ3) is 8.26. The van der Waals surface area contributed by atoms with Gasteiger partial charge in [0.05, 0.1) is 48.0 Å². The maximum atomic E-state index is 12.5. The number of aromatic amines is 1. The van der Waals surface area contributed by atoms with Crippen LogP contribution in [0.15, 0.2) is 34.0 Å². The summed E-state index contributed by atoms with van der Waals surface area (Å²) in [6, 6.07) is 3.92. The van der Waals surface area contributed by atoms with E-state index in [1.54, 1.807) is 5.32 Å². The number of hydrogen-bond donors (Lipinski definition) is 4. The molecule has 0 unspecified atom stereocenters. The number of aliphatic hydroxyl groups excluding tert-OH is 2. The lowest BCUT2D eigenvalue weighted by Crippen LogP contribution is -2.36. The fourth-order valence-corrected chi connectivity index (χ4v) is 4.22. The SMILES string of the molecule is CC(C)C[C@H](OCc1cn([C@H]2C[C@@H](O)[C@@H](CO)O2)c(=O)[nH]c1=O)c1ccc(C#CCNC(=O)C(F)(F)F)cc1[N+](=O)[O-]. The normalized spacial score (nSPS) is 19.3. The minimum Gasteiger partial charge on any atom is -0.394 e. The van der Waals surface area contributed by atoms with Gasteiger partial charge >= 0.3 is 17.8 Å². The van der Waals surface area contributed by atoms with Gasteiger partial charge in [-0.05, 0) is 24.5 Å². The van der Waals surface area contributed by atoms with E-state index < -0.39 is 65.9 Å². The number of hydrogen-bond acceptors (Lipinski definition) is 9. The molecule has 1 aliphatic heterocycles. The summed E-state index contributed by atoms with van der Waals surface area (Å²) in [5.41, 5.74) is -1.67. The summed E-state index contributed by atoms with van der Waals surface area (Å²) < 4.78 is 49.4. The summed E-state index contributed by atoms with van der Waals surface area (Å²) in [4.78, 5) is 49.2. The molecule has 2 aromatic rings. The lowest BCUT2D eigenvalue weighted by atomic mass is 9.97. The molecule has 42 heavy (non-hydrogen) atoms. The number of nitrogens with one attached hydrogen (secondary N) is 2. The molecule has 4 atom stereocenters. The van der Waals surface area contributed by atoms with Gasteiger partial charge in [-0.25, -0.2) is 4.79 Å². The van der Waals surface area contributed by atoms with E-state index in [1.807, 2.05) is 13.8 Å². The summed E-state index contributed by atoms with van der Waals surface area (Å²) in [5.74, 6) is 2.60. The molecule has 4 N–H and O–H groups in total. The van der Waals surface area contributed by atoms with Crippen LogP contribution < -0.4 is 16.6 Å². The zero-order chi connectivity index (χ0) is 31.2. The van der Waals surface area contributed by atoms with Gasteiger partial charge in [-0.15, -0.1) is 0 Å². The van der Waals surface area contributed by atoms with Crippen molar-refractivity contribution in [3.05, 3.63) is 72.0 Å². The molecule has 1 aromatic carbocycles. The van der Waals surface area contributed by atoms with Crippen molar-refractivity contribution in [1.29, 1.82) is 0 Å². The molecular formula is C26H29F3N4O9. The zero-order valence-corrected chi connectivity index (χ0v) is 22.5. The molecule has 13 nitrogen and oxygen atoms in total. The highest BCUT2D eigenvalue weighted by molar-refractivity contribution is 5.81. The highest BCUT2D eigenvalue weighted by atomic mass is 19.4. The lowest BCUT2D eigenvalue weighted by Gasteiger charge is -2.21. The van der Waals surface area contributed by atoms with Gasteiger partial charge in [-0.3, -0.25) is 29.3 Å². The van der Waals surface area contributed by atoms with E-state index >= 15 is 0 Å². The van der Waals surface area contributed by atoms with E-state index in [4.69, 9.17) is 9.47 Å². The quantitative estimate of drug-likeness (QED) is 0.178. The summed E-state index contributed by atoms with van der Waals surface area (Å²) >= 11 is 0. The number of benzene rings is 1. The Bertz CT molecular complexity index is 1480. The Kier molecular flexibility index (Phi) is 10.6. The van der Waals surface area contributed by atoms with Gasteiger partial charge in [0.2, 0.25) is 0 Å². The zero-order valence-electron chi connectivity index (χ0n) is 22.5. The van der Waals surface area contributed by atoms with Crippen LogP contribution in [0.4, 0.5) is 18.9 Å². The monoisotopic (exact) mass is 598 g/mol. The van der Waals surface area contributed by atoms with Gasteiger partial charge in [0, 0.05) is 24.2 Å². The highest BCUT2D eigenvalue weighted by Gasteiger charge is 2.38. The number of amides is 1. The van der Waals surface area contributed by atoms with Gasteiger partial charge in [0.25, 0.3) is 11.2 Å². The second-order valence-electron chi connectivity index (χ2n) is 9.88. The number of carbonyl (C=O) groups excluding carboxylic acids is 1. The van der Waals surface area contributed by atoms with Crippen LogP contribution in [0.5, 0.6) is 0 Å². The second kappa shape index (κ2) is 13.7. The molecule has 1 saturated heterocycles. The van der Waals surface area contributed by atoms with E-state index in [2.05, 4.69) is 16.8 Å². The topological polar surface area (TPSA) is 186 Å². The first-order chi connectivity index (χ1) is 19.7. The van der Waals surface area contributed by atoms with Crippen LogP contribution in [0.25, 0.3) is 0 Å². The molecule has 0 bridgehead atoms.